The Kier molecular flexibility index (Phi) is 9.20. The topological polar surface area (TPSA) is 41.1 Å². The van der Waals surface area contributed by atoms with E-state index in [1.165, 1.54) is 25.3 Å². The van der Waals surface area contributed by atoms with Gasteiger partial charge in [0.15, 0.2) is 0 Å². The molecule has 3 nitrogen and oxygen atoms in total. The molecule has 0 aliphatic heterocycles. The smallest absolute Gasteiger partial charge is 0.306 e. The molecule has 2 N–H and O–H groups in total. The molecule has 0 bridgehead atoms. The van der Waals surface area contributed by atoms with Crippen molar-refractivity contribution < 1.29 is 4.79 Å². The van der Waals surface area contributed by atoms with Gasteiger partial charge < -0.3 is 10.3 Å². The number of carbonyl (C=O) groups is 1. The molecule has 0 rings (SSSR count). The van der Waals surface area contributed by atoms with Crippen LogP contribution >= 0.6 is 0 Å². The molecule has 2 amide bonds. The second-order valence-electron chi connectivity index (χ2n) is 3.24. The Morgan fingerprint density at radius 1 is 1.23 bits per heavy atom. The van der Waals surface area contributed by atoms with Crippen LogP contribution in [-0.4, -0.2) is 22.3 Å². The first-order valence-electron chi connectivity index (χ1n) is 5.33. The van der Waals surface area contributed by atoms with Gasteiger partial charge in [0.05, 0.1) is 0 Å². The van der Waals surface area contributed by atoms with Crippen molar-refractivity contribution in [3.8, 4) is 0 Å². The molecule has 0 spiro atoms. The first-order valence-corrected chi connectivity index (χ1v) is 7.03. The first-order chi connectivity index (χ1) is 6.31. The van der Waals surface area contributed by atoms with Crippen molar-refractivity contribution in [1.82, 2.24) is 10.3 Å². The molecule has 0 atom stereocenters. The summed E-state index contributed by atoms with van der Waals surface area (Å²) in [5.41, 5.74) is 0. The number of carbonyl (C=O) groups excluding carboxylic acids is 1. The Morgan fingerprint density at radius 2 is 2.00 bits per heavy atom. The minimum Gasteiger partial charge on any atom is -0.370 e. The molecule has 0 fully saturated rings. The number of urea groups is 1. The molecular formula is C9H22N2OSi. The highest BCUT2D eigenvalue weighted by Crippen LogP contribution is 1.90. The number of unbranched alkanes of at least 4 members (excludes halogenated alkanes) is 2. The summed E-state index contributed by atoms with van der Waals surface area (Å²) in [7, 11) is -0.338. The molecule has 0 saturated heterocycles. The maximum Gasteiger partial charge on any atom is 0.306 e. The zero-order valence-corrected chi connectivity index (χ0v) is 10.3. The molecule has 0 saturated carbocycles. The van der Waals surface area contributed by atoms with Crippen molar-refractivity contribution in [2.75, 3.05) is 6.54 Å². The lowest BCUT2D eigenvalue weighted by Crippen LogP contribution is -2.38. The average Bonchev–Trinajstić information content (AvgIpc) is 2.13. The van der Waals surface area contributed by atoms with Crippen LogP contribution in [0.25, 0.3) is 0 Å². The predicted molar refractivity (Wildman–Crippen MR) is 59.7 cm³/mol. The van der Waals surface area contributed by atoms with E-state index in [1.807, 2.05) is 0 Å². The highest BCUT2D eigenvalue weighted by molar-refractivity contribution is 6.36. The Hall–Kier alpha value is -0.513. The quantitative estimate of drug-likeness (QED) is 0.475. The van der Waals surface area contributed by atoms with E-state index < -0.39 is 0 Å². The molecule has 13 heavy (non-hydrogen) atoms. The minimum absolute atomic E-state index is 0.0382. The molecule has 0 aromatic rings. The summed E-state index contributed by atoms with van der Waals surface area (Å²) in [5.74, 6) is 0. The van der Waals surface area contributed by atoms with Crippen molar-refractivity contribution in [2.24, 2.45) is 0 Å². The fraction of sp³-hybridized carbons (Fsp3) is 0.889. The first kappa shape index (κ1) is 12.5. The van der Waals surface area contributed by atoms with Gasteiger partial charge in [0, 0.05) is 6.54 Å². The fourth-order valence-electron chi connectivity index (χ4n) is 1.02. The highest BCUT2D eigenvalue weighted by atomic mass is 28.2. The third-order valence-corrected chi connectivity index (χ3v) is 3.51. The number of hydrogen-bond acceptors (Lipinski definition) is 1. The largest absolute Gasteiger partial charge is 0.370 e. The van der Waals surface area contributed by atoms with Crippen LogP contribution in [-0.2, 0) is 0 Å². The predicted octanol–water partition coefficient (Wildman–Crippen LogP) is 1.39. The molecule has 0 heterocycles. The molecular weight excluding hydrogens is 180 g/mol. The standard InChI is InChI=1S/C9H22N2OSi/c1-3-5-6-7-10-9(12)11-13-8-4-2/h3-8,13H2,1-2H3,(H2,10,11,12). The zero-order valence-electron chi connectivity index (χ0n) is 8.86. The van der Waals surface area contributed by atoms with Gasteiger partial charge in [0.1, 0.15) is 9.68 Å². The van der Waals surface area contributed by atoms with Gasteiger partial charge in [-0.1, -0.05) is 33.1 Å². The maximum absolute atomic E-state index is 11.1. The second-order valence-corrected chi connectivity index (χ2v) is 4.80. The van der Waals surface area contributed by atoms with Gasteiger partial charge in [-0.15, -0.1) is 0 Å². The summed E-state index contributed by atoms with van der Waals surface area (Å²) < 4.78 is 0. The number of hydrogen-bond donors (Lipinski definition) is 2. The van der Waals surface area contributed by atoms with Gasteiger partial charge in [0.2, 0.25) is 0 Å². The summed E-state index contributed by atoms with van der Waals surface area (Å²) in [6.07, 6.45) is 4.68. The van der Waals surface area contributed by atoms with Crippen molar-refractivity contribution in [2.45, 2.75) is 45.6 Å². The van der Waals surface area contributed by atoms with Gasteiger partial charge in [0.25, 0.3) is 0 Å². The third kappa shape index (κ3) is 9.40. The Labute approximate surface area is 83.6 Å². The molecule has 0 aromatic carbocycles. The van der Waals surface area contributed by atoms with Crippen LogP contribution in [0.4, 0.5) is 4.79 Å². The van der Waals surface area contributed by atoms with Crippen molar-refractivity contribution in [3.05, 3.63) is 0 Å². The summed E-state index contributed by atoms with van der Waals surface area (Å²) in [4.78, 5) is 14.0. The monoisotopic (exact) mass is 202 g/mol. The molecule has 78 valence electrons. The Balaban J connectivity index is 3.11. The van der Waals surface area contributed by atoms with Gasteiger partial charge >= 0.3 is 6.03 Å². The van der Waals surface area contributed by atoms with Crippen molar-refractivity contribution in [3.63, 3.8) is 0 Å². The van der Waals surface area contributed by atoms with E-state index >= 15 is 0 Å². The van der Waals surface area contributed by atoms with Gasteiger partial charge in [-0.3, -0.25) is 0 Å². The molecule has 0 aliphatic rings. The minimum atomic E-state index is -0.338. The van der Waals surface area contributed by atoms with Crippen LogP contribution in [0, 0.1) is 0 Å². The summed E-state index contributed by atoms with van der Waals surface area (Å²) in [6, 6.07) is 1.23. The number of amides is 2. The van der Waals surface area contributed by atoms with E-state index in [2.05, 4.69) is 24.1 Å². The van der Waals surface area contributed by atoms with Gasteiger partial charge in [-0.25, -0.2) is 4.79 Å². The van der Waals surface area contributed by atoms with Gasteiger partial charge in [-0.05, 0) is 12.5 Å². The van der Waals surface area contributed by atoms with Crippen LogP contribution in [0.3, 0.4) is 0 Å². The lowest BCUT2D eigenvalue weighted by molar-refractivity contribution is 0.245. The zero-order chi connectivity index (χ0) is 9.94. The summed E-state index contributed by atoms with van der Waals surface area (Å²) >= 11 is 0. The van der Waals surface area contributed by atoms with E-state index in [-0.39, 0.29) is 15.7 Å². The fourth-order valence-corrected chi connectivity index (χ4v) is 1.90. The third-order valence-electron chi connectivity index (χ3n) is 1.88. The van der Waals surface area contributed by atoms with Crippen LogP contribution in [0.2, 0.25) is 6.04 Å². The molecule has 0 radical (unpaired) electrons. The summed E-state index contributed by atoms with van der Waals surface area (Å²) in [5, 5.41) is 2.86. The lowest BCUT2D eigenvalue weighted by atomic mass is 10.2. The maximum atomic E-state index is 11.1. The normalized spacial score (nSPS) is 10.6. The molecule has 0 aromatic heterocycles. The SMILES string of the molecule is CCCCCNC(=O)N[SiH2]CCC. The Bertz CT molecular complexity index is 131. The summed E-state index contributed by atoms with van der Waals surface area (Å²) in [6.45, 7) is 5.13. The van der Waals surface area contributed by atoms with Crippen LogP contribution < -0.4 is 10.3 Å². The Morgan fingerprint density at radius 3 is 2.62 bits per heavy atom. The van der Waals surface area contributed by atoms with E-state index in [1.54, 1.807) is 0 Å². The van der Waals surface area contributed by atoms with Crippen molar-refractivity contribution in [1.29, 1.82) is 0 Å². The van der Waals surface area contributed by atoms with Crippen LogP contribution in [0.15, 0.2) is 0 Å². The van der Waals surface area contributed by atoms with E-state index in [0.717, 1.165) is 13.0 Å². The van der Waals surface area contributed by atoms with E-state index in [4.69, 9.17) is 0 Å². The van der Waals surface area contributed by atoms with E-state index in [9.17, 15) is 4.79 Å². The average molecular weight is 202 g/mol. The molecule has 0 aliphatic carbocycles. The van der Waals surface area contributed by atoms with Crippen LogP contribution in [0.1, 0.15) is 39.5 Å². The van der Waals surface area contributed by atoms with Crippen LogP contribution in [0.5, 0.6) is 0 Å². The number of nitrogens with one attached hydrogen (secondary N) is 2. The second kappa shape index (κ2) is 9.57. The lowest BCUT2D eigenvalue weighted by Gasteiger charge is -2.05. The van der Waals surface area contributed by atoms with E-state index in [0.29, 0.717) is 0 Å². The molecule has 4 heteroatoms. The highest BCUT2D eigenvalue weighted by Gasteiger charge is 1.96. The van der Waals surface area contributed by atoms with Gasteiger partial charge in [-0.2, -0.15) is 0 Å². The molecule has 0 unspecified atom stereocenters. The van der Waals surface area contributed by atoms with Crippen molar-refractivity contribution >= 4 is 15.7 Å². The number of rotatable bonds is 7.